The Balaban J connectivity index is 1.46. The Morgan fingerprint density at radius 1 is 1.07 bits per heavy atom. The number of nitrogens with zero attached hydrogens (tertiary/aromatic N) is 2. The van der Waals surface area contributed by atoms with Crippen molar-refractivity contribution < 1.29 is 9.18 Å². The molecule has 0 unspecified atom stereocenters. The van der Waals surface area contributed by atoms with Gasteiger partial charge in [0.1, 0.15) is 5.82 Å². The Bertz CT molecular complexity index is 972. The lowest BCUT2D eigenvalue weighted by atomic mass is 9.82. The molecule has 0 saturated carbocycles. The molecular weight excluding hydrogens is 353 g/mol. The predicted molar refractivity (Wildman–Crippen MR) is 110 cm³/mol. The van der Waals surface area contributed by atoms with Gasteiger partial charge in [0, 0.05) is 49.8 Å². The van der Waals surface area contributed by atoms with Crippen LogP contribution in [0.15, 0.2) is 54.7 Å². The molecule has 0 aliphatic carbocycles. The minimum atomic E-state index is -0.715. The van der Waals surface area contributed by atoms with E-state index in [1.807, 2.05) is 31.0 Å². The zero-order chi connectivity index (χ0) is 19.7. The average molecular weight is 379 g/mol. The van der Waals surface area contributed by atoms with Crippen LogP contribution in [0.1, 0.15) is 25.0 Å². The SMILES string of the molecule is CC(C)(C(=O)N1CCN(Cc2ccccc2)CC1)c1c[nH]c2ccc(F)cc12. The van der Waals surface area contributed by atoms with E-state index >= 15 is 0 Å². The van der Waals surface area contributed by atoms with Crippen molar-refractivity contribution >= 4 is 16.8 Å². The molecule has 1 amide bonds. The molecule has 0 spiro atoms. The quantitative estimate of drug-likeness (QED) is 0.746. The van der Waals surface area contributed by atoms with Crippen LogP contribution in [-0.4, -0.2) is 46.9 Å². The van der Waals surface area contributed by atoms with Gasteiger partial charge in [-0.2, -0.15) is 0 Å². The molecule has 146 valence electrons. The molecule has 0 radical (unpaired) electrons. The summed E-state index contributed by atoms with van der Waals surface area (Å²) in [5, 5.41) is 0.779. The van der Waals surface area contributed by atoms with E-state index in [9.17, 15) is 9.18 Å². The van der Waals surface area contributed by atoms with Gasteiger partial charge >= 0.3 is 0 Å². The molecule has 4 nitrogen and oxygen atoms in total. The van der Waals surface area contributed by atoms with Crippen molar-refractivity contribution in [1.82, 2.24) is 14.8 Å². The maximum Gasteiger partial charge on any atom is 0.232 e. The largest absolute Gasteiger partial charge is 0.361 e. The molecule has 0 atom stereocenters. The minimum Gasteiger partial charge on any atom is -0.361 e. The van der Waals surface area contributed by atoms with Crippen molar-refractivity contribution in [2.24, 2.45) is 0 Å². The van der Waals surface area contributed by atoms with Crippen molar-refractivity contribution in [3.05, 3.63) is 71.7 Å². The molecule has 2 aromatic carbocycles. The number of piperazine rings is 1. The molecule has 1 aromatic heterocycles. The molecule has 1 aliphatic rings. The maximum atomic E-state index is 13.7. The zero-order valence-electron chi connectivity index (χ0n) is 16.4. The number of halogens is 1. The number of carbonyl (C=O) groups excluding carboxylic acids is 1. The molecule has 3 aromatic rings. The van der Waals surface area contributed by atoms with Gasteiger partial charge < -0.3 is 9.88 Å². The maximum absolute atomic E-state index is 13.7. The topological polar surface area (TPSA) is 39.3 Å². The fourth-order valence-corrected chi connectivity index (χ4v) is 4.07. The van der Waals surface area contributed by atoms with Gasteiger partial charge in [0.15, 0.2) is 0 Å². The molecule has 0 bridgehead atoms. The molecule has 4 rings (SSSR count). The highest BCUT2D eigenvalue weighted by Gasteiger charge is 2.36. The standard InChI is InChI=1S/C23H26FN3O/c1-23(2,20-15-25-21-9-8-18(24)14-19(20)21)22(28)27-12-10-26(11-13-27)16-17-6-4-3-5-7-17/h3-9,14-15,25H,10-13,16H2,1-2H3. The summed E-state index contributed by atoms with van der Waals surface area (Å²) in [7, 11) is 0. The van der Waals surface area contributed by atoms with Gasteiger partial charge in [0.2, 0.25) is 5.91 Å². The second kappa shape index (κ2) is 7.40. The number of hydrogen-bond acceptors (Lipinski definition) is 2. The van der Waals surface area contributed by atoms with Gasteiger partial charge in [-0.1, -0.05) is 30.3 Å². The number of carbonyl (C=O) groups is 1. The Labute approximate surface area is 165 Å². The Morgan fingerprint density at radius 3 is 2.50 bits per heavy atom. The van der Waals surface area contributed by atoms with E-state index in [1.165, 1.54) is 17.7 Å². The van der Waals surface area contributed by atoms with Crippen molar-refractivity contribution in [3.63, 3.8) is 0 Å². The third-order valence-electron chi connectivity index (χ3n) is 5.76. The number of fused-ring (bicyclic) bond motifs is 1. The van der Waals surface area contributed by atoms with Crippen LogP contribution in [0.25, 0.3) is 10.9 Å². The van der Waals surface area contributed by atoms with Crippen LogP contribution in [0.2, 0.25) is 0 Å². The van der Waals surface area contributed by atoms with Gasteiger partial charge in [-0.3, -0.25) is 9.69 Å². The first-order chi connectivity index (χ1) is 13.4. The molecule has 1 saturated heterocycles. The fourth-order valence-electron chi connectivity index (χ4n) is 4.07. The second-order valence-corrected chi connectivity index (χ2v) is 8.07. The van der Waals surface area contributed by atoms with Gasteiger partial charge in [-0.25, -0.2) is 4.39 Å². The highest BCUT2D eigenvalue weighted by Crippen LogP contribution is 2.33. The summed E-state index contributed by atoms with van der Waals surface area (Å²) < 4.78 is 13.7. The zero-order valence-corrected chi connectivity index (χ0v) is 16.4. The first kappa shape index (κ1) is 18.7. The fraction of sp³-hybridized carbons (Fsp3) is 0.348. The van der Waals surface area contributed by atoms with Crippen LogP contribution in [0.5, 0.6) is 0 Å². The van der Waals surface area contributed by atoms with E-state index in [4.69, 9.17) is 0 Å². The van der Waals surface area contributed by atoms with Gasteiger partial charge in [-0.15, -0.1) is 0 Å². The number of amides is 1. The predicted octanol–water partition coefficient (Wildman–Crippen LogP) is 3.93. The third-order valence-corrected chi connectivity index (χ3v) is 5.76. The Kier molecular flexibility index (Phi) is 4.94. The Morgan fingerprint density at radius 2 is 1.79 bits per heavy atom. The average Bonchev–Trinajstić information content (AvgIpc) is 3.12. The highest BCUT2D eigenvalue weighted by molar-refractivity contribution is 5.94. The van der Waals surface area contributed by atoms with Crippen molar-refractivity contribution in [1.29, 1.82) is 0 Å². The minimum absolute atomic E-state index is 0.0945. The number of hydrogen-bond donors (Lipinski definition) is 1. The molecule has 1 N–H and O–H groups in total. The van der Waals surface area contributed by atoms with E-state index < -0.39 is 5.41 Å². The number of aromatic nitrogens is 1. The summed E-state index contributed by atoms with van der Waals surface area (Å²) in [6.45, 7) is 7.92. The first-order valence-electron chi connectivity index (χ1n) is 9.78. The van der Waals surface area contributed by atoms with E-state index in [2.05, 4.69) is 34.1 Å². The van der Waals surface area contributed by atoms with Crippen molar-refractivity contribution in [2.75, 3.05) is 26.2 Å². The summed E-state index contributed by atoms with van der Waals surface area (Å²) in [6, 6.07) is 15.1. The number of nitrogens with one attached hydrogen (secondary N) is 1. The van der Waals surface area contributed by atoms with Crippen LogP contribution in [0.4, 0.5) is 4.39 Å². The summed E-state index contributed by atoms with van der Waals surface area (Å²) in [6.07, 6.45) is 1.84. The molecular formula is C23H26FN3O. The van der Waals surface area contributed by atoms with Crippen LogP contribution < -0.4 is 0 Å². The van der Waals surface area contributed by atoms with Gasteiger partial charge in [0.05, 0.1) is 5.41 Å². The second-order valence-electron chi connectivity index (χ2n) is 8.07. The molecule has 2 heterocycles. The summed E-state index contributed by atoms with van der Waals surface area (Å²) in [5.41, 5.74) is 2.28. The van der Waals surface area contributed by atoms with Crippen LogP contribution in [-0.2, 0) is 16.8 Å². The smallest absolute Gasteiger partial charge is 0.232 e. The van der Waals surface area contributed by atoms with Gasteiger partial charge in [0.25, 0.3) is 0 Å². The third kappa shape index (κ3) is 3.54. The normalized spacial score (nSPS) is 15.9. The molecule has 28 heavy (non-hydrogen) atoms. The monoisotopic (exact) mass is 379 g/mol. The number of aromatic amines is 1. The van der Waals surface area contributed by atoms with Crippen molar-refractivity contribution in [3.8, 4) is 0 Å². The highest BCUT2D eigenvalue weighted by atomic mass is 19.1. The summed E-state index contributed by atoms with van der Waals surface area (Å²) >= 11 is 0. The molecule has 1 fully saturated rings. The molecule has 5 heteroatoms. The van der Waals surface area contributed by atoms with E-state index in [-0.39, 0.29) is 11.7 Å². The van der Waals surface area contributed by atoms with E-state index in [0.717, 1.165) is 36.1 Å². The van der Waals surface area contributed by atoms with Crippen LogP contribution in [0.3, 0.4) is 0 Å². The first-order valence-corrected chi connectivity index (χ1v) is 9.78. The lowest BCUT2D eigenvalue weighted by Crippen LogP contribution is -2.52. The summed E-state index contributed by atoms with van der Waals surface area (Å²) in [5.74, 6) is -0.192. The number of H-pyrrole nitrogens is 1. The van der Waals surface area contributed by atoms with E-state index in [0.29, 0.717) is 13.1 Å². The van der Waals surface area contributed by atoms with Gasteiger partial charge in [-0.05, 0) is 43.2 Å². The lowest BCUT2D eigenvalue weighted by molar-refractivity contribution is -0.138. The summed E-state index contributed by atoms with van der Waals surface area (Å²) in [4.78, 5) is 20.8. The van der Waals surface area contributed by atoms with Crippen LogP contribution >= 0.6 is 0 Å². The Hall–Kier alpha value is -2.66. The van der Waals surface area contributed by atoms with Crippen molar-refractivity contribution in [2.45, 2.75) is 25.8 Å². The molecule has 1 aliphatic heterocycles. The van der Waals surface area contributed by atoms with E-state index in [1.54, 1.807) is 6.07 Å². The van der Waals surface area contributed by atoms with Crippen LogP contribution in [0, 0.1) is 5.82 Å². The lowest BCUT2D eigenvalue weighted by Gasteiger charge is -2.38. The number of benzene rings is 2. The number of rotatable bonds is 4.